The van der Waals surface area contributed by atoms with E-state index in [2.05, 4.69) is 19.9 Å². The van der Waals surface area contributed by atoms with E-state index in [1.165, 1.54) is 0 Å². The Bertz CT molecular complexity index is 374. The lowest BCUT2D eigenvalue weighted by Gasteiger charge is -2.11. The molecule has 0 fully saturated rings. The lowest BCUT2D eigenvalue weighted by molar-refractivity contribution is 0.516. The zero-order valence-corrected chi connectivity index (χ0v) is 12.2. The summed E-state index contributed by atoms with van der Waals surface area (Å²) in [5, 5.41) is 1.42. The molecule has 0 aromatic heterocycles. The van der Waals surface area contributed by atoms with Gasteiger partial charge in [0.15, 0.2) is 0 Å². The Labute approximate surface area is 117 Å². The molecule has 89 valence electrons. The summed E-state index contributed by atoms with van der Waals surface area (Å²) in [4.78, 5) is 0. The first kappa shape index (κ1) is 14.4. The van der Waals surface area contributed by atoms with Gasteiger partial charge in [-0.2, -0.15) is 0 Å². The van der Waals surface area contributed by atoms with Crippen molar-refractivity contribution in [1.82, 2.24) is 0 Å². The van der Waals surface area contributed by atoms with Gasteiger partial charge in [-0.15, -0.1) is 0 Å². The molecular weight excluding hydrogens is 286 g/mol. The van der Waals surface area contributed by atoms with Crippen molar-refractivity contribution in [3.8, 4) is 0 Å². The number of hydrogen-bond donors (Lipinski definition) is 0. The number of hydrogen-bond acceptors (Lipinski definition) is 0. The molecule has 1 aromatic rings. The van der Waals surface area contributed by atoms with E-state index in [0.717, 1.165) is 24.8 Å². The number of benzene rings is 1. The van der Waals surface area contributed by atoms with E-state index in [1.54, 1.807) is 0 Å². The van der Waals surface area contributed by atoms with Crippen LogP contribution in [0.4, 0.5) is 0 Å². The van der Waals surface area contributed by atoms with E-state index in [1.807, 2.05) is 0 Å². The van der Waals surface area contributed by atoms with Gasteiger partial charge in [0.1, 0.15) is 0 Å². The van der Waals surface area contributed by atoms with Gasteiger partial charge in [0.05, 0.1) is 20.1 Å². The standard InChI is InChI=1S/C12H13Cl4/c1-3-7(2)4-5-8-6-9(13)11(15)12(16)10(8)14/h7H,3-5H2,1-2H3. The van der Waals surface area contributed by atoms with Crippen molar-refractivity contribution in [2.75, 3.05) is 0 Å². The summed E-state index contributed by atoms with van der Waals surface area (Å²) < 4.78 is 0. The van der Waals surface area contributed by atoms with Crippen LogP contribution in [0.3, 0.4) is 0 Å². The highest BCUT2D eigenvalue weighted by atomic mass is 35.5. The van der Waals surface area contributed by atoms with Gasteiger partial charge >= 0.3 is 0 Å². The summed E-state index contributed by atoms with van der Waals surface area (Å²) in [7, 11) is 0. The number of halogens is 4. The van der Waals surface area contributed by atoms with Crippen LogP contribution in [0.2, 0.25) is 20.1 Å². The summed E-state index contributed by atoms with van der Waals surface area (Å²) in [6, 6.07) is 2.98. The van der Waals surface area contributed by atoms with Gasteiger partial charge < -0.3 is 0 Å². The lowest BCUT2D eigenvalue weighted by Crippen LogP contribution is -1.97. The molecule has 0 spiro atoms. The Balaban J connectivity index is 2.89. The molecular formula is C12H13Cl4. The zero-order valence-electron chi connectivity index (χ0n) is 9.21. The van der Waals surface area contributed by atoms with Crippen molar-refractivity contribution < 1.29 is 0 Å². The molecule has 1 rings (SSSR count). The predicted octanol–water partition coefficient (Wildman–Crippen LogP) is 6.08. The Morgan fingerprint density at radius 1 is 1.06 bits per heavy atom. The normalized spacial score (nSPS) is 12.9. The summed E-state index contributed by atoms with van der Waals surface area (Å²) in [6.45, 7) is 4.37. The van der Waals surface area contributed by atoms with Gasteiger partial charge in [-0.3, -0.25) is 0 Å². The quantitative estimate of drug-likeness (QED) is 0.467. The second-order valence-electron chi connectivity index (χ2n) is 3.91. The van der Waals surface area contributed by atoms with E-state index in [0.29, 0.717) is 21.0 Å². The Morgan fingerprint density at radius 3 is 2.25 bits per heavy atom. The SMILES string of the molecule is CCC(C)CCc1[c]c(Cl)c(Cl)c(Cl)c1Cl. The minimum Gasteiger partial charge on any atom is -0.0823 e. The molecule has 1 radical (unpaired) electrons. The smallest absolute Gasteiger partial charge is 0.0800 e. The van der Waals surface area contributed by atoms with Crippen molar-refractivity contribution in [3.63, 3.8) is 0 Å². The van der Waals surface area contributed by atoms with Crippen LogP contribution in [0.1, 0.15) is 32.3 Å². The highest BCUT2D eigenvalue weighted by Gasteiger charge is 2.14. The van der Waals surface area contributed by atoms with Gasteiger partial charge in [0.25, 0.3) is 0 Å². The van der Waals surface area contributed by atoms with Gasteiger partial charge in [-0.25, -0.2) is 0 Å². The molecule has 0 bridgehead atoms. The van der Waals surface area contributed by atoms with Crippen molar-refractivity contribution in [2.24, 2.45) is 5.92 Å². The van der Waals surface area contributed by atoms with Crippen LogP contribution in [0.5, 0.6) is 0 Å². The first-order valence-electron chi connectivity index (χ1n) is 5.21. The zero-order chi connectivity index (χ0) is 12.3. The van der Waals surface area contributed by atoms with E-state index < -0.39 is 0 Å². The first-order chi connectivity index (χ1) is 7.47. The maximum atomic E-state index is 6.09. The van der Waals surface area contributed by atoms with E-state index in [4.69, 9.17) is 46.4 Å². The maximum absolute atomic E-state index is 6.09. The molecule has 0 amide bonds. The molecule has 16 heavy (non-hydrogen) atoms. The molecule has 1 aromatic carbocycles. The summed E-state index contributed by atoms with van der Waals surface area (Å²) >= 11 is 23.8. The van der Waals surface area contributed by atoms with Crippen molar-refractivity contribution in [1.29, 1.82) is 0 Å². The highest BCUT2D eigenvalue weighted by molar-refractivity contribution is 6.51. The van der Waals surface area contributed by atoms with Crippen LogP contribution in [0, 0.1) is 12.0 Å². The Morgan fingerprint density at radius 2 is 1.69 bits per heavy atom. The summed E-state index contributed by atoms with van der Waals surface area (Å²) in [5.41, 5.74) is 0.848. The van der Waals surface area contributed by atoms with Crippen LogP contribution in [-0.4, -0.2) is 0 Å². The maximum Gasteiger partial charge on any atom is 0.0800 e. The number of aryl methyl sites for hydroxylation is 1. The van der Waals surface area contributed by atoms with Crippen molar-refractivity contribution in [3.05, 3.63) is 31.7 Å². The summed E-state index contributed by atoms with van der Waals surface area (Å²) in [6.07, 6.45) is 3.01. The fraction of sp³-hybridized carbons (Fsp3) is 0.500. The molecule has 0 N–H and O–H groups in total. The molecule has 4 heteroatoms. The van der Waals surface area contributed by atoms with Gasteiger partial charge in [0, 0.05) is 6.07 Å². The van der Waals surface area contributed by atoms with Crippen LogP contribution < -0.4 is 0 Å². The van der Waals surface area contributed by atoms with E-state index in [9.17, 15) is 0 Å². The second-order valence-corrected chi connectivity index (χ2v) is 5.42. The minimum atomic E-state index is 0.278. The van der Waals surface area contributed by atoms with Crippen LogP contribution in [-0.2, 0) is 6.42 Å². The molecule has 0 heterocycles. The van der Waals surface area contributed by atoms with E-state index >= 15 is 0 Å². The fourth-order valence-electron chi connectivity index (χ4n) is 1.33. The van der Waals surface area contributed by atoms with Crippen LogP contribution >= 0.6 is 46.4 Å². The number of rotatable bonds is 4. The average Bonchev–Trinajstić information content (AvgIpc) is 2.28. The molecule has 0 aliphatic heterocycles. The van der Waals surface area contributed by atoms with Gasteiger partial charge in [0.2, 0.25) is 0 Å². The predicted molar refractivity (Wildman–Crippen MR) is 73.1 cm³/mol. The molecule has 0 aliphatic carbocycles. The molecule has 0 nitrogen and oxygen atoms in total. The van der Waals surface area contributed by atoms with Crippen molar-refractivity contribution in [2.45, 2.75) is 33.1 Å². The highest BCUT2D eigenvalue weighted by Crippen LogP contribution is 2.38. The third kappa shape index (κ3) is 3.43. The summed E-state index contributed by atoms with van der Waals surface area (Å²) in [5.74, 6) is 0.651. The van der Waals surface area contributed by atoms with Crippen LogP contribution in [0.15, 0.2) is 0 Å². The molecule has 0 saturated heterocycles. The molecule has 0 aliphatic rings. The largest absolute Gasteiger partial charge is 0.0823 e. The monoisotopic (exact) mass is 297 g/mol. The molecule has 1 unspecified atom stereocenters. The third-order valence-electron chi connectivity index (χ3n) is 2.69. The van der Waals surface area contributed by atoms with Gasteiger partial charge in [-0.05, 0) is 24.3 Å². The average molecular weight is 299 g/mol. The molecule has 1 atom stereocenters. The lowest BCUT2D eigenvalue weighted by atomic mass is 9.99. The fourth-order valence-corrected chi connectivity index (χ4v) is 2.23. The minimum absolute atomic E-state index is 0.278. The van der Waals surface area contributed by atoms with Gasteiger partial charge in [-0.1, -0.05) is 66.7 Å². The third-order valence-corrected chi connectivity index (χ3v) is 4.43. The second kappa shape index (κ2) is 6.35. The Hall–Kier alpha value is 0.380. The first-order valence-corrected chi connectivity index (χ1v) is 6.72. The van der Waals surface area contributed by atoms with Crippen molar-refractivity contribution >= 4 is 46.4 Å². The van der Waals surface area contributed by atoms with Crippen LogP contribution in [0.25, 0.3) is 0 Å². The topological polar surface area (TPSA) is 0 Å². The Kier molecular flexibility index (Phi) is 5.73. The van der Waals surface area contributed by atoms with E-state index in [-0.39, 0.29) is 5.02 Å². The molecule has 0 saturated carbocycles.